The number of rotatable bonds is 7. The number of aryl methyl sites for hydroxylation is 2. The van der Waals surface area contributed by atoms with Gasteiger partial charge in [0, 0.05) is 18.4 Å². The van der Waals surface area contributed by atoms with Gasteiger partial charge in [-0.2, -0.15) is 4.98 Å². The zero-order valence-corrected chi connectivity index (χ0v) is 13.1. The van der Waals surface area contributed by atoms with Crippen molar-refractivity contribution in [2.75, 3.05) is 17.2 Å². The summed E-state index contributed by atoms with van der Waals surface area (Å²) in [6.07, 6.45) is 5.41. The van der Waals surface area contributed by atoms with E-state index in [1.807, 2.05) is 12.1 Å². The Hall–Kier alpha value is -2.10. The fourth-order valence-electron chi connectivity index (χ4n) is 2.06. The molecule has 0 bridgehead atoms. The molecular weight excluding hydrogens is 260 g/mol. The summed E-state index contributed by atoms with van der Waals surface area (Å²) in [5.41, 5.74) is 3.56. The molecule has 0 amide bonds. The summed E-state index contributed by atoms with van der Waals surface area (Å²) in [7, 11) is 0. The smallest absolute Gasteiger partial charge is 0.229 e. The Bertz CT molecular complexity index is 581. The van der Waals surface area contributed by atoms with E-state index in [1.54, 1.807) is 6.20 Å². The molecule has 0 spiro atoms. The van der Waals surface area contributed by atoms with E-state index in [0.29, 0.717) is 5.95 Å². The molecule has 1 aromatic heterocycles. The number of nitrogens with one attached hydrogen (secondary N) is 2. The first-order valence-electron chi connectivity index (χ1n) is 7.60. The average molecular weight is 284 g/mol. The average Bonchev–Trinajstić information content (AvgIpc) is 2.48. The predicted octanol–water partition coefficient (Wildman–Crippen LogP) is 4.44. The number of benzene rings is 1. The van der Waals surface area contributed by atoms with Gasteiger partial charge in [-0.3, -0.25) is 0 Å². The highest BCUT2D eigenvalue weighted by Gasteiger charge is 2.01. The van der Waals surface area contributed by atoms with Gasteiger partial charge in [0.25, 0.3) is 0 Å². The van der Waals surface area contributed by atoms with Crippen molar-refractivity contribution in [1.82, 2.24) is 9.97 Å². The second-order valence-electron chi connectivity index (χ2n) is 5.32. The molecule has 0 atom stereocenters. The van der Waals surface area contributed by atoms with Gasteiger partial charge in [-0.05, 0) is 49.6 Å². The number of hydrogen-bond donors (Lipinski definition) is 2. The Morgan fingerprint density at radius 3 is 2.67 bits per heavy atom. The van der Waals surface area contributed by atoms with Crippen LogP contribution in [0, 0.1) is 13.8 Å². The third-order valence-corrected chi connectivity index (χ3v) is 3.51. The van der Waals surface area contributed by atoms with E-state index < -0.39 is 0 Å². The predicted molar refractivity (Wildman–Crippen MR) is 89.2 cm³/mol. The Balaban J connectivity index is 1.98. The first kappa shape index (κ1) is 15.3. The topological polar surface area (TPSA) is 49.8 Å². The van der Waals surface area contributed by atoms with Crippen LogP contribution in [0.15, 0.2) is 30.5 Å². The second-order valence-corrected chi connectivity index (χ2v) is 5.32. The van der Waals surface area contributed by atoms with Gasteiger partial charge in [0.2, 0.25) is 5.95 Å². The van der Waals surface area contributed by atoms with Crippen LogP contribution < -0.4 is 10.6 Å². The van der Waals surface area contributed by atoms with Gasteiger partial charge in [0.05, 0.1) is 0 Å². The van der Waals surface area contributed by atoms with E-state index in [1.165, 1.54) is 30.4 Å². The monoisotopic (exact) mass is 284 g/mol. The molecule has 0 saturated heterocycles. The standard InChI is InChI=1S/C17H24N4/c1-4-5-6-10-18-16-9-11-19-17(21-16)20-15-8-7-13(2)14(3)12-15/h7-9,11-12H,4-6,10H2,1-3H3,(H2,18,19,20,21). The molecule has 0 aliphatic rings. The zero-order valence-electron chi connectivity index (χ0n) is 13.1. The van der Waals surface area contributed by atoms with Crippen molar-refractivity contribution in [3.05, 3.63) is 41.6 Å². The normalized spacial score (nSPS) is 10.4. The summed E-state index contributed by atoms with van der Waals surface area (Å²) in [6, 6.07) is 8.16. The Morgan fingerprint density at radius 1 is 1.05 bits per heavy atom. The molecular formula is C17H24N4. The minimum absolute atomic E-state index is 0.624. The summed E-state index contributed by atoms with van der Waals surface area (Å²) in [5.74, 6) is 1.49. The zero-order chi connectivity index (χ0) is 15.1. The molecule has 0 saturated carbocycles. The minimum Gasteiger partial charge on any atom is -0.370 e. The van der Waals surface area contributed by atoms with Gasteiger partial charge in [0.15, 0.2) is 0 Å². The van der Waals surface area contributed by atoms with Gasteiger partial charge in [-0.1, -0.05) is 25.8 Å². The van der Waals surface area contributed by atoms with Crippen LogP contribution in [0.3, 0.4) is 0 Å². The molecule has 1 aromatic carbocycles. The molecule has 21 heavy (non-hydrogen) atoms. The van der Waals surface area contributed by atoms with Crippen LogP contribution in [0.1, 0.15) is 37.3 Å². The fourth-order valence-corrected chi connectivity index (χ4v) is 2.06. The number of aromatic nitrogens is 2. The molecule has 2 aromatic rings. The highest BCUT2D eigenvalue weighted by Crippen LogP contribution is 2.18. The van der Waals surface area contributed by atoms with E-state index >= 15 is 0 Å². The van der Waals surface area contributed by atoms with Crippen molar-refractivity contribution in [1.29, 1.82) is 0 Å². The highest BCUT2D eigenvalue weighted by atomic mass is 15.1. The lowest BCUT2D eigenvalue weighted by molar-refractivity contribution is 0.742. The molecule has 0 aliphatic heterocycles. The maximum absolute atomic E-state index is 4.48. The SMILES string of the molecule is CCCCCNc1ccnc(Nc2ccc(C)c(C)c2)n1. The summed E-state index contributed by atoms with van der Waals surface area (Å²) >= 11 is 0. The van der Waals surface area contributed by atoms with Crippen molar-refractivity contribution < 1.29 is 0 Å². The van der Waals surface area contributed by atoms with Crippen LogP contribution in [-0.2, 0) is 0 Å². The van der Waals surface area contributed by atoms with Crippen LogP contribution in [-0.4, -0.2) is 16.5 Å². The van der Waals surface area contributed by atoms with Gasteiger partial charge in [-0.15, -0.1) is 0 Å². The molecule has 0 fully saturated rings. The number of hydrogen-bond acceptors (Lipinski definition) is 4. The Labute approximate surface area is 127 Å². The van der Waals surface area contributed by atoms with Crippen LogP contribution >= 0.6 is 0 Å². The number of nitrogens with zero attached hydrogens (tertiary/aromatic N) is 2. The van der Waals surface area contributed by atoms with Gasteiger partial charge >= 0.3 is 0 Å². The molecule has 2 rings (SSSR count). The van der Waals surface area contributed by atoms with Crippen molar-refractivity contribution in [3.8, 4) is 0 Å². The Kier molecular flexibility index (Phi) is 5.55. The number of anilines is 3. The number of unbranched alkanes of at least 4 members (excludes halogenated alkanes) is 2. The lowest BCUT2D eigenvalue weighted by atomic mass is 10.1. The molecule has 0 aliphatic carbocycles. The van der Waals surface area contributed by atoms with E-state index in [-0.39, 0.29) is 0 Å². The minimum atomic E-state index is 0.624. The van der Waals surface area contributed by atoms with Crippen LogP contribution in [0.5, 0.6) is 0 Å². The van der Waals surface area contributed by atoms with E-state index in [0.717, 1.165) is 18.1 Å². The molecule has 4 nitrogen and oxygen atoms in total. The van der Waals surface area contributed by atoms with E-state index in [4.69, 9.17) is 0 Å². The Morgan fingerprint density at radius 2 is 1.90 bits per heavy atom. The molecule has 1 heterocycles. The first-order chi connectivity index (χ1) is 10.2. The lowest BCUT2D eigenvalue weighted by Gasteiger charge is -2.09. The van der Waals surface area contributed by atoms with Crippen LogP contribution in [0.4, 0.5) is 17.5 Å². The summed E-state index contributed by atoms with van der Waals surface area (Å²) < 4.78 is 0. The third kappa shape index (κ3) is 4.74. The van der Waals surface area contributed by atoms with E-state index in [2.05, 4.69) is 53.5 Å². The summed E-state index contributed by atoms with van der Waals surface area (Å²) in [4.78, 5) is 8.75. The lowest BCUT2D eigenvalue weighted by Crippen LogP contribution is -2.05. The maximum Gasteiger partial charge on any atom is 0.229 e. The second kappa shape index (κ2) is 7.62. The summed E-state index contributed by atoms with van der Waals surface area (Å²) in [5, 5.41) is 6.59. The maximum atomic E-state index is 4.48. The van der Waals surface area contributed by atoms with Crippen molar-refractivity contribution in [3.63, 3.8) is 0 Å². The van der Waals surface area contributed by atoms with Gasteiger partial charge in [0.1, 0.15) is 5.82 Å². The fraction of sp³-hybridized carbons (Fsp3) is 0.412. The largest absolute Gasteiger partial charge is 0.370 e. The van der Waals surface area contributed by atoms with Crippen LogP contribution in [0.2, 0.25) is 0 Å². The molecule has 2 N–H and O–H groups in total. The molecule has 112 valence electrons. The summed E-state index contributed by atoms with van der Waals surface area (Å²) in [6.45, 7) is 7.37. The van der Waals surface area contributed by atoms with Crippen molar-refractivity contribution >= 4 is 17.5 Å². The van der Waals surface area contributed by atoms with Gasteiger partial charge in [-0.25, -0.2) is 4.98 Å². The van der Waals surface area contributed by atoms with E-state index in [9.17, 15) is 0 Å². The molecule has 0 radical (unpaired) electrons. The van der Waals surface area contributed by atoms with Crippen molar-refractivity contribution in [2.24, 2.45) is 0 Å². The quantitative estimate of drug-likeness (QED) is 0.738. The highest BCUT2D eigenvalue weighted by molar-refractivity contribution is 5.56. The molecule has 0 unspecified atom stereocenters. The molecule has 4 heteroatoms. The first-order valence-corrected chi connectivity index (χ1v) is 7.60. The third-order valence-electron chi connectivity index (χ3n) is 3.51. The van der Waals surface area contributed by atoms with Crippen LogP contribution in [0.25, 0.3) is 0 Å². The van der Waals surface area contributed by atoms with Gasteiger partial charge < -0.3 is 10.6 Å². The van der Waals surface area contributed by atoms with Crippen molar-refractivity contribution in [2.45, 2.75) is 40.0 Å².